The summed E-state index contributed by atoms with van der Waals surface area (Å²) in [6.45, 7) is 8.62. The predicted molar refractivity (Wildman–Crippen MR) is 96.3 cm³/mol. The Morgan fingerprint density at radius 1 is 1.00 bits per heavy atom. The molecule has 0 atom stereocenters. The fraction of sp³-hybridized carbons (Fsp3) is 0.400. The Hall–Kier alpha value is -2.16. The molecule has 0 fully saturated rings. The predicted octanol–water partition coefficient (Wildman–Crippen LogP) is 5.12. The van der Waals surface area contributed by atoms with Crippen LogP contribution in [0.15, 0.2) is 48.5 Å². The molecule has 0 radical (unpaired) electrons. The number of para-hydroxylation sites is 1. The third-order valence-corrected chi connectivity index (χ3v) is 3.33. The van der Waals surface area contributed by atoms with Crippen LogP contribution in [0, 0.1) is 5.92 Å². The summed E-state index contributed by atoms with van der Waals surface area (Å²) in [5, 5.41) is 3.45. The van der Waals surface area contributed by atoms with Gasteiger partial charge in [-0.1, -0.05) is 45.0 Å². The van der Waals surface area contributed by atoms with Gasteiger partial charge in [-0.3, -0.25) is 0 Å². The lowest BCUT2D eigenvalue weighted by Crippen LogP contribution is -2.06. The number of hydrogen-bond donors (Lipinski definition) is 1. The smallest absolute Gasteiger partial charge is 0.124 e. The Labute approximate surface area is 139 Å². The van der Waals surface area contributed by atoms with Crippen LogP contribution in [0.25, 0.3) is 0 Å². The van der Waals surface area contributed by atoms with Crippen LogP contribution < -0.4 is 14.8 Å². The maximum Gasteiger partial charge on any atom is 0.124 e. The second kappa shape index (κ2) is 9.09. The second-order valence-electron chi connectivity index (χ2n) is 6.04. The molecule has 0 aliphatic carbocycles. The highest BCUT2D eigenvalue weighted by atomic mass is 16.5. The normalized spacial score (nSPS) is 10.6. The summed E-state index contributed by atoms with van der Waals surface area (Å²) >= 11 is 0. The molecule has 3 nitrogen and oxygen atoms in total. The third-order valence-electron chi connectivity index (χ3n) is 3.33. The summed E-state index contributed by atoms with van der Waals surface area (Å²) in [6, 6.07) is 16.3. The van der Waals surface area contributed by atoms with Gasteiger partial charge in [0.15, 0.2) is 0 Å². The van der Waals surface area contributed by atoms with Crippen molar-refractivity contribution in [3.8, 4) is 11.5 Å². The first-order valence-electron chi connectivity index (χ1n) is 8.36. The minimum absolute atomic E-state index is 0.522. The summed E-state index contributed by atoms with van der Waals surface area (Å²) < 4.78 is 11.6. The molecular formula is C20H27NO2. The highest BCUT2D eigenvalue weighted by Gasteiger charge is 2.04. The maximum atomic E-state index is 5.80. The second-order valence-corrected chi connectivity index (χ2v) is 6.04. The van der Waals surface area contributed by atoms with Gasteiger partial charge in [0.05, 0.1) is 13.2 Å². The van der Waals surface area contributed by atoms with E-state index in [0.29, 0.717) is 5.92 Å². The molecule has 0 saturated carbocycles. The number of benzene rings is 2. The molecule has 0 spiro atoms. The molecule has 2 aromatic carbocycles. The van der Waals surface area contributed by atoms with Gasteiger partial charge in [0.25, 0.3) is 0 Å². The first-order valence-corrected chi connectivity index (χ1v) is 8.36. The average molecular weight is 313 g/mol. The molecule has 0 bridgehead atoms. The van der Waals surface area contributed by atoms with Crippen molar-refractivity contribution >= 4 is 5.69 Å². The summed E-state index contributed by atoms with van der Waals surface area (Å²) in [7, 11) is 0. The van der Waals surface area contributed by atoms with Gasteiger partial charge in [-0.2, -0.15) is 0 Å². The summed E-state index contributed by atoms with van der Waals surface area (Å²) in [5.74, 6) is 2.38. The minimum atomic E-state index is 0.522. The lowest BCUT2D eigenvalue weighted by atomic mass is 10.2. The highest BCUT2D eigenvalue weighted by Crippen LogP contribution is 2.22. The van der Waals surface area contributed by atoms with E-state index < -0.39 is 0 Å². The number of rotatable bonds is 9. The first kappa shape index (κ1) is 17.2. The molecule has 2 aromatic rings. The number of hydrogen-bond acceptors (Lipinski definition) is 3. The monoisotopic (exact) mass is 313 g/mol. The summed E-state index contributed by atoms with van der Waals surface area (Å²) in [4.78, 5) is 0. The van der Waals surface area contributed by atoms with Gasteiger partial charge in [-0.05, 0) is 30.5 Å². The fourth-order valence-corrected chi connectivity index (χ4v) is 2.16. The summed E-state index contributed by atoms with van der Waals surface area (Å²) in [5.41, 5.74) is 2.21. The molecule has 1 N–H and O–H groups in total. The van der Waals surface area contributed by atoms with Crippen LogP contribution >= 0.6 is 0 Å². The van der Waals surface area contributed by atoms with Crippen molar-refractivity contribution in [2.45, 2.75) is 33.7 Å². The average Bonchev–Trinajstić information content (AvgIpc) is 2.57. The van der Waals surface area contributed by atoms with Gasteiger partial charge in [-0.15, -0.1) is 0 Å². The van der Waals surface area contributed by atoms with Crippen molar-refractivity contribution in [3.05, 3.63) is 54.1 Å². The van der Waals surface area contributed by atoms with Crippen LogP contribution in [-0.4, -0.2) is 13.2 Å². The van der Waals surface area contributed by atoms with E-state index in [1.807, 2.05) is 36.4 Å². The molecule has 0 aliphatic rings. The molecule has 0 unspecified atom stereocenters. The third kappa shape index (κ3) is 5.85. The van der Waals surface area contributed by atoms with Crippen LogP contribution in [0.3, 0.4) is 0 Å². The van der Waals surface area contributed by atoms with E-state index in [-0.39, 0.29) is 0 Å². The van der Waals surface area contributed by atoms with Crippen molar-refractivity contribution in [1.82, 2.24) is 0 Å². The summed E-state index contributed by atoms with van der Waals surface area (Å²) in [6.07, 6.45) is 1.01. The van der Waals surface area contributed by atoms with Crippen molar-refractivity contribution < 1.29 is 9.47 Å². The van der Waals surface area contributed by atoms with Gasteiger partial charge >= 0.3 is 0 Å². The lowest BCUT2D eigenvalue weighted by molar-refractivity contribution is 0.271. The number of ether oxygens (including phenoxy) is 2. The SMILES string of the molecule is CCCOc1ccccc1CNc1cccc(OCC(C)C)c1. The Balaban J connectivity index is 1.97. The molecule has 124 valence electrons. The van der Waals surface area contributed by atoms with Gasteiger partial charge in [0.1, 0.15) is 11.5 Å². The van der Waals surface area contributed by atoms with Gasteiger partial charge in [0.2, 0.25) is 0 Å². The van der Waals surface area contributed by atoms with Gasteiger partial charge in [0, 0.05) is 23.9 Å². The van der Waals surface area contributed by atoms with Crippen LogP contribution in [0.2, 0.25) is 0 Å². The van der Waals surface area contributed by atoms with E-state index in [2.05, 4.69) is 38.2 Å². The lowest BCUT2D eigenvalue weighted by Gasteiger charge is -2.13. The zero-order valence-electron chi connectivity index (χ0n) is 14.3. The zero-order chi connectivity index (χ0) is 16.5. The highest BCUT2D eigenvalue weighted by molar-refractivity contribution is 5.49. The quantitative estimate of drug-likeness (QED) is 0.697. The van der Waals surface area contributed by atoms with E-state index in [0.717, 1.165) is 48.9 Å². The van der Waals surface area contributed by atoms with E-state index in [1.54, 1.807) is 0 Å². The molecule has 0 saturated heterocycles. The van der Waals surface area contributed by atoms with E-state index in [4.69, 9.17) is 9.47 Å². The Morgan fingerprint density at radius 2 is 1.83 bits per heavy atom. The Kier molecular flexibility index (Phi) is 6.79. The largest absolute Gasteiger partial charge is 0.493 e. The zero-order valence-corrected chi connectivity index (χ0v) is 14.3. The molecule has 3 heteroatoms. The van der Waals surface area contributed by atoms with E-state index >= 15 is 0 Å². The molecule has 0 aromatic heterocycles. The topological polar surface area (TPSA) is 30.5 Å². The molecule has 0 amide bonds. The van der Waals surface area contributed by atoms with Crippen LogP contribution in [-0.2, 0) is 6.54 Å². The molecule has 23 heavy (non-hydrogen) atoms. The van der Waals surface area contributed by atoms with Crippen LogP contribution in [0.5, 0.6) is 11.5 Å². The Morgan fingerprint density at radius 3 is 2.61 bits per heavy atom. The number of nitrogens with one attached hydrogen (secondary N) is 1. The van der Waals surface area contributed by atoms with E-state index in [1.165, 1.54) is 0 Å². The van der Waals surface area contributed by atoms with Crippen molar-refractivity contribution in [2.75, 3.05) is 18.5 Å². The molecule has 0 heterocycles. The molecule has 0 aliphatic heterocycles. The maximum absolute atomic E-state index is 5.80. The van der Waals surface area contributed by atoms with Crippen molar-refractivity contribution in [3.63, 3.8) is 0 Å². The fourth-order valence-electron chi connectivity index (χ4n) is 2.16. The van der Waals surface area contributed by atoms with Gasteiger partial charge in [-0.25, -0.2) is 0 Å². The van der Waals surface area contributed by atoms with Crippen molar-refractivity contribution in [1.29, 1.82) is 0 Å². The van der Waals surface area contributed by atoms with Crippen molar-refractivity contribution in [2.24, 2.45) is 5.92 Å². The molecular weight excluding hydrogens is 286 g/mol. The number of anilines is 1. The van der Waals surface area contributed by atoms with Crippen LogP contribution in [0.4, 0.5) is 5.69 Å². The minimum Gasteiger partial charge on any atom is -0.493 e. The van der Waals surface area contributed by atoms with Gasteiger partial charge < -0.3 is 14.8 Å². The Bertz CT molecular complexity index is 596. The standard InChI is InChI=1S/C20H27NO2/c1-4-12-22-20-11-6-5-8-17(20)14-21-18-9-7-10-19(13-18)23-15-16(2)3/h5-11,13,16,21H,4,12,14-15H2,1-3H3. The molecule has 2 rings (SSSR count). The van der Waals surface area contributed by atoms with E-state index in [9.17, 15) is 0 Å². The first-order chi connectivity index (χ1) is 11.2. The van der Waals surface area contributed by atoms with Crippen LogP contribution in [0.1, 0.15) is 32.8 Å².